The molecule has 0 radical (unpaired) electrons. The van der Waals surface area contributed by atoms with E-state index in [0.717, 1.165) is 22.0 Å². The van der Waals surface area contributed by atoms with Crippen molar-refractivity contribution in [2.45, 2.75) is 17.8 Å². The molecule has 0 spiro atoms. The maximum Gasteiger partial charge on any atom is 0.0964 e. The molecular weight excluding hydrogens is 282 g/mol. The summed E-state index contributed by atoms with van der Waals surface area (Å²) < 4.78 is 1.21. The average molecular weight is 297 g/mol. The molecule has 3 rings (SSSR count). The molecule has 1 fully saturated rings. The van der Waals surface area contributed by atoms with Crippen LogP contribution in [-0.2, 0) is 6.42 Å². The lowest BCUT2D eigenvalue weighted by molar-refractivity contribution is 0.177. The first-order valence-electron chi connectivity index (χ1n) is 6.05. The molecule has 0 saturated carbocycles. The van der Waals surface area contributed by atoms with Crippen LogP contribution in [0.15, 0.2) is 24.3 Å². The van der Waals surface area contributed by atoms with Crippen molar-refractivity contribution in [1.82, 2.24) is 4.98 Å². The van der Waals surface area contributed by atoms with Gasteiger partial charge in [0.2, 0.25) is 0 Å². The number of aliphatic hydroxyl groups excluding tert-OH is 1. The van der Waals surface area contributed by atoms with E-state index in [0.29, 0.717) is 11.7 Å². The SMILES string of the molecule is OC(Cc1nc2ccccc2s1)C1CSCCS1. The molecule has 1 aromatic carbocycles. The highest BCUT2D eigenvalue weighted by atomic mass is 32.2. The Labute approximate surface area is 119 Å². The summed E-state index contributed by atoms with van der Waals surface area (Å²) in [5, 5.41) is 11.7. The van der Waals surface area contributed by atoms with Crippen LogP contribution in [0.1, 0.15) is 5.01 Å². The first-order valence-corrected chi connectivity index (χ1v) is 9.07. The first kappa shape index (κ1) is 12.8. The summed E-state index contributed by atoms with van der Waals surface area (Å²) in [6.45, 7) is 0. The summed E-state index contributed by atoms with van der Waals surface area (Å²) >= 11 is 5.55. The normalized spacial score (nSPS) is 22.2. The summed E-state index contributed by atoms with van der Waals surface area (Å²) in [5.74, 6) is 3.44. The van der Waals surface area contributed by atoms with Gasteiger partial charge in [0.25, 0.3) is 0 Å². The predicted molar refractivity (Wildman–Crippen MR) is 82.9 cm³/mol. The number of nitrogens with zero attached hydrogens (tertiary/aromatic N) is 1. The zero-order valence-corrected chi connectivity index (χ0v) is 12.4. The Hall–Kier alpha value is -0.230. The molecular formula is C13H15NOS3. The van der Waals surface area contributed by atoms with E-state index in [2.05, 4.69) is 11.1 Å². The zero-order chi connectivity index (χ0) is 12.4. The Morgan fingerprint density at radius 1 is 1.33 bits per heavy atom. The Kier molecular flexibility index (Phi) is 4.13. The number of thioether (sulfide) groups is 2. The summed E-state index contributed by atoms with van der Waals surface area (Å²) in [6, 6.07) is 8.17. The van der Waals surface area contributed by atoms with Crippen LogP contribution in [0.3, 0.4) is 0 Å². The van der Waals surface area contributed by atoms with Gasteiger partial charge in [0.1, 0.15) is 0 Å². The molecule has 0 amide bonds. The molecule has 1 N–H and O–H groups in total. The number of thiazole rings is 1. The molecule has 2 nitrogen and oxygen atoms in total. The van der Waals surface area contributed by atoms with Crippen molar-refractivity contribution in [1.29, 1.82) is 0 Å². The molecule has 0 bridgehead atoms. The van der Waals surface area contributed by atoms with Crippen molar-refractivity contribution in [2.24, 2.45) is 0 Å². The predicted octanol–water partition coefficient (Wildman–Crippen LogP) is 3.05. The molecule has 2 atom stereocenters. The van der Waals surface area contributed by atoms with E-state index >= 15 is 0 Å². The third-order valence-corrected chi connectivity index (χ3v) is 6.96. The van der Waals surface area contributed by atoms with Gasteiger partial charge in [-0.2, -0.15) is 23.5 Å². The Bertz CT molecular complexity index is 489. The summed E-state index contributed by atoms with van der Waals surface area (Å²) in [6.07, 6.45) is 0.431. The van der Waals surface area contributed by atoms with Crippen LogP contribution < -0.4 is 0 Å². The highest BCUT2D eigenvalue weighted by molar-refractivity contribution is 8.06. The number of hydrogen-bond acceptors (Lipinski definition) is 5. The van der Waals surface area contributed by atoms with E-state index in [1.807, 2.05) is 41.7 Å². The molecule has 2 unspecified atom stereocenters. The second-order valence-electron chi connectivity index (χ2n) is 4.33. The fraction of sp³-hybridized carbons (Fsp3) is 0.462. The van der Waals surface area contributed by atoms with Gasteiger partial charge in [-0.1, -0.05) is 12.1 Å². The van der Waals surface area contributed by atoms with Crippen molar-refractivity contribution in [3.8, 4) is 0 Å². The molecule has 0 aliphatic carbocycles. The molecule has 1 aromatic heterocycles. The number of aliphatic hydroxyl groups is 1. The first-order chi connectivity index (χ1) is 8.83. The Morgan fingerprint density at radius 2 is 2.22 bits per heavy atom. The molecule has 2 aromatic rings. The van der Waals surface area contributed by atoms with Crippen molar-refractivity contribution >= 4 is 45.1 Å². The third kappa shape index (κ3) is 2.85. The van der Waals surface area contributed by atoms with Gasteiger partial charge in [-0.3, -0.25) is 0 Å². The molecule has 1 saturated heterocycles. The van der Waals surface area contributed by atoms with E-state index in [1.54, 1.807) is 11.3 Å². The molecule has 2 heterocycles. The van der Waals surface area contributed by atoms with E-state index in [4.69, 9.17) is 0 Å². The zero-order valence-electron chi connectivity index (χ0n) is 9.91. The second-order valence-corrected chi connectivity index (χ2v) is 7.94. The van der Waals surface area contributed by atoms with E-state index in [1.165, 1.54) is 10.5 Å². The van der Waals surface area contributed by atoms with Gasteiger partial charge in [0.15, 0.2) is 0 Å². The highest BCUT2D eigenvalue weighted by Crippen LogP contribution is 2.29. The summed E-state index contributed by atoms with van der Waals surface area (Å²) in [5.41, 5.74) is 1.05. The van der Waals surface area contributed by atoms with Crippen LogP contribution in [0.4, 0.5) is 0 Å². The molecule has 1 aliphatic heterocycles. The number of hydrogen-bond donors (Lipinski definition) is 1. The van der Waals surface area contributed by atoms with Crippen molar-refractivity contribution < 1.29 is 5.11 Å². The standard InChI is InChI=1S/C13H15NOS3/c15-10(12-8-16-5-6-17-12)7-13-14-9-3-1-2-4-11(9)18-13/h1-4,10,12,15H,5-8H2. The van der Waals surface area contributed by atoms with Gasteiger partial charge in [-0.25, -0.2) is 4.98 Å². The molecule has 96 valence electrons. The lowest BCUT2D eigenvalue weighted by Gasteiger charge is -2.25. The van der Waals surface area contributed by atoms with Crippen LogP contribution >= 0.6 is 34.9 Å². The summed E-state index contributed by atoms with van der Waals surface area (Å²) in [4.78, 5) is 4.59. The molecule has 1 aliphatic rings. The van der Waals surface area contributed by atoms with Gasteiger partial charge >= 0.3 is 0 Å². The van der Waals surface area contributed by atoms with Gasteiger partial charge in [0, 0.05) is 28.9 Å². The smallest absolute Gasteiger partial charge is 0.0964 e. The van der Waals surface area contributed by atoms with E-state index in [-0.39, 0.29) is 6.10 Å². The average Bonchev–Trinajstić information content (AvgIpc) is 2.82. The van der Waals surface area contributed by atoms with Gasteiger partial charge in [-0.05, 0) is 12.1 Å². The van der Waals surface area contributed by atoms with Crippen molar-refractivity contribution in [3.05, 3.63) is 29.3 Å². The highest BCUT2D eigenvalue weighted by Gasteiger charge is 2.23. The number of para-hydroxylation sites is 1. The lowest BCUT2D eigenvalue weighted by atomic mass is 10.2. The fourth-order valence-electron chi connectivity index (χ4n) is 2.05. The Balaban J connectivity index is 1.71. The monoisotopic (exact) mass is 297 g/mol. The van der Waals surface area contributed by atoms with E-state index < -0.39 is 0 Å². The quantitative estimate of drug-likeness (QED) is 0.944. The molecule has 18 heavy (non-hydrogen) atoms. The number of fused-ring (bicyclic) bond motifs is 1. The largest absolute Gasteiger partial charge is 0.392 e. The minimum atomic E-state index is -0.261. The van der Waals surface area contributed by atoms with Crippen LogP contribution in [0.5, 0.6) is 0 Å². The minimum Gasteiger partial charge on any atom is -0.392 e. The second kappa shape index (κ2) is 5.82. The minimum absolute atomic E-state index is 0.261. The van der Waals surface area contributed by atoms with Crippen LogP contribution in [0, 0.1) is 0 Å². The van der Waals surface area contributed by atoms with Crippen molar-refractivity contribution in [3.63, 3.8) is 0 Å². The van der Waals surface area contributed by atoms with Gasteiger partial charge in [-0.15, -0.1) is 11.3 Å². The van der Waals surface area contributed by atoms with Crippen LogP contribution in [-0.4, -0.2) is 38.7 Å². The number of benzene rings is 1. The topological polar surface area (TPSA) is 33.1 Å². The summed E-state index contributed by atoms with van der Waals surface area (Å²) in [7, 11) is 0. The van der Waals surface area contributed by atoms with Crippen LogP contribution in [0.25, 0.3) is 10.2 Å². The van der Waals surface area contributed by atoms with Gasteiger partial charge < -0.3 is 5.11 Å². The number of aromatic nitrogens is 1. The maximum atomic E-state index is 10.3. The van der Waals surface area contributed by atoms with Gasteiger partial charge in [0.05, 0.1) is 21.3 Å². The number of rotatable bonds is 3. The lowest BCUT2D eigenvalue weighted by Crippen LogP contribution is -2.30. The maximum absolute atomic E-state index is 10.3. The van der Waals surface area contributed by atoms with Crippen molar-refractivity contribution in [2.75, 3.05) is 17.3 Å². The molecule has 5 heteroatoms. The van der Waals surface area contributed by atoms with Crippen LogP contribution in [0.2, 0.25) is 0 Å². The fourth-order valence-corrected chi connectivity index (χ4v) is 5.83. The van der Waals surface area contributed by atoms with E-state index in [9.17, 15) is 5.11 Å². The third-order valence-electron chi connectivity index (χ3n) is 2.99. The Morgan fingerprint density at radius 3 is 3.00 bits per heavy atom.